The van der Waals surface area contributed by atoms with Crippen LogP contribution in [0.5, 0.6) is 0 Å². The van der Waals surface area contributed by atoms with E-state index < -0.39 is 0 Å². The molecule has 0 unspecified atom stereocenters. The van der Waals surface area contributed by atoms with Crippen LogP contribution in [-0.2, 0) is 6.42 Å². The van der Waals surface area contributed by atoms with E-state index in [1.807, 2.05) is 12.1 Å². The molecular weight excluding hydrogens is 151 g/mol. The molecule has 0 N–H and O–H groups in total. The molecule has 0 bridgehead atoms. The van der Waals surface area contributed by atoms with Crippen LogP contribution in [0.3, 0.4) is 0 Å². The van der Waals surface area contributed by atoms with Gasteiger partial charge in [-0.05, 0) is 30.9 Å². The molecule has 0 aliphatic rings. The maximum atomic E-state index is 11.7. The molecule has 1 aromatic carbocycles. The molecule has 0 fully saturated rings. The third-order valence-corrected chi connectivity index (χ3v) is 1.89. The quantitative estimate of drug-likeness (QED) is 0.588. The summed E-state index contributed by atoms with van der Waals surface area (Å²) in [5.74, 6) is 0. The summed E-state index contributed by atoms with van der Waals surface area (Å²) in [5.41, 5.74) is 1.33. The Bertz CT molecular complexity index is 193. The van der Waals surface area contributed by atoms with Gasteiger partial charge in [-0.1, -0.05) is 30.7 Å². The summed E-state index contributed by atoms with van der Waals surface area (Å²) >= 11 is 0. The minimum atomic E-state index is -0.178. The number of rotatable bonds is 5. The van der Waals surface area contributed by atoms with Gasteiger partial charge in [-0.3, -0.25) is 4.39 Å². The van der Waals surface area contributed by atoms with E-state index in [0.29, 0.717) is 6.42 Å². The zero-order chi connectivity index (χ0) is 8.65. The molecule has 1 heteroatoms. The second-order valence-corrected chi connectivity index (χ2v) is 2.91. The van der Waals surface area contributed by atoms with E-state index in [1.165, 1.54) is 5.56 Å². The molecule has 0 saturated heterocycles. The number of hydrogen-bond donors (Lipinski definition) is 0. The molecule has 0 saturated carbocycles. The lowest BCUT2D eigenvalue weighted by molar-refractivity contribution is 0.456. The summed E-state index contributed by atoms with van der Waals surface area (Å²) < 4.78 is 11.7. The van der Waals surface area contributed by atoms with Crippen molar-refractivity contribution < 1.29 is 4.39 Å². The first-order chi connectivity index (χ1) is 5.93. The van der Waals surface area contributed by atoms with Gasteiger partial charge in [0.2, 0.25) is 0 Å². The van der Waals surface area contributed by atoms with Crippen molar-refractivity contribution >= 4 is 0 Å². The molecule has 0 aliphatic heterocycles. The summed E-state index contributed by atoms with van der Waals surface area (Å²) in [5, 5.41) is 0. The van der Waals surface area contributed by atoms with Crippen LogP contribution < -0.4 is 0 Å². The largest absolute Gasteiger partial charge is 0.251 e. The number of alkyl halides is 1. The van der Waals surface area contributed by atoms with E-state index in [-0.39, 0.29) is 6.67 Å². The van der Waals surface area contributed by atoms with Crippen LogP contribution in [0.4, 0.5) is 4.39 Å². The van der Waals surface area contributed by atoms with Gasteiger partial charge in [0.15, 0.2) is 0 Å². The molecular formula is C11H14F. The molecule has 0 aromatic heterocycles. The predicted molar refractivity (Wildman–Crippen MR) is 48.8 cm³/mol. The first-order valence-corrected chi connectivity index (χ1v) is 4.44. The standard InChI is InChI=1S/C11H14F/c12-10-6-2-5-9-11-7-3-1-4-8-11/h3-4,7-8H,2,5-6,9-10H2. The van der Waals surface area contributed by atoms with Crippen molar-refractivity contribution in [2.75, 3.05) is 6.67 Å². The zero-order valence-electron chi connectivity index (χ0n) is 7.22. The molecule has 1 aromatic rings. The van der Waals surface area contributed by atoms with Crippen molar-refractivity contribution in [1.29, 1.82) is 0 Å². The van der Waals surface area contributed by atoms with Crippen LogP contribution in [0.1, 0.15) is 24.8 Å². The highest BCUT2D eigenvalue weighted by Crippen LogP contribution is 2.05. The maximum absolute atomic E-state index is 11.7. The lowest BCUT2D eigenvalue weighted by atomic mass is 10.1. The molecule has 0 aliphatic carbocycles. The fourth-order valence-electron chi connectivity index (χ4n) is 1.19. The fourth-order valence-corrected chi connectivity index (χ4v) is 1.19. The third kappa shape index (κ3) is 3.51. The minimum Gasteiger partial charge on any atom is -0.251 e. The smallest absolute Gasteiger partial charge is 0.0894 e. The zero-order valence-corrected chi connectivity index (χ0v) is 7.22. The van der Waals surface area contributed by atoms with Gasteiger partial charge in [0.25, 0.3) is 0 Å². The molecule has 0 nitrogen and oxygen atoms in total. The molecule has 1 rings (SSSR count). The van der Waals surface area contributed by atoms with Gasteiger partial charge in [0.1, 0.15) is 0 Å². The summed E-state index contributed by atoms with van der Waals surface area (Å²) in [7, 11) is 0. The van der Waals surface area contributed by atoms with Gasteiger partial charge in [0, 0.05) is 0 Å². The molecule has 0 spiro atoms. The maximum Gasteiger partial charge on any atom is 0.0894 e. The Hall–Kier alpha value is -0.850. The molecule has 0 heterocycles. The van der Waals surface area contributed by atoms with Gasteiger partial charge in [-0.15, -0.1) is 0 Å². The van der Waals surface area contributed by atoms with Crippen LogP contribution in [0.15, 0.2) is 24.3 Å². The molecule has 0 atom stereocenters. The second kappa shape index (κ2) is 5.76. The summed E-state index contributed by atoms with van der Waals surface area (Å²) in [4.78, 5) is 0. The Morgan fingerprint density at radius 2 is 1.83 bits per heavy atom. The average molecular weight is 165 g/mol. The Morgan fingerprint density at radius 1 is 1.08 bits per heavy atom. The Morgan fingerprint density at radius 3 is 2.50 bits per heavy atom. The van der Waals surface area contributed by atoms with Crippen molar-refractivity contribution in [3.05, 3.63) is 35.9 Å². The van der Waals surface area contributed by atoms with Crippen molar-refractivity contribution in [2.24, 2.45) is 0 Å². The number of aryl methyl sites for hydroxylation is 1. The third-order valence-electron chi connectivity index (χ3n) is 1.89. The van der Waals surface area contributed by atoms with Crippen LogP contribution in [0, 0.1) is 6.07 Å². The lowest BCUT2D eigenvalue weighted by Crippen LogP contribution is -1.85. The first kappa shape index (κ1) is 9.24. The van der Waals surface area contributed by atoms with E-state index in [0.717, 1.165) is 19.3 Å². The highest BCUT2D eigenvalue weighted by atomic mass is 19.1. The Balaban J connectivity index is 2.16. The summed E-state index contributed by atoms with van der Waals surface area (Å²) in [6.07, 6.45) is 3.86. The number of benzene rings is 1. The fraction of sp³-hybridized carbons (Fsp3) is 0.455. The normalized spacial score (nSPS) is 10.1. The first-order valence-electron chi connectivity index (χ1n) is 4.44. The van der Waals surface area contributed by atoms with Gasteiger partial charge >= 0.3 is 0 Å². The van der Waals surface area contributed by atoms with Crippen molar-refractivity contribution in [1.82, 2.24) is 0 Å². The van der Waals surface area contributed by atoms with Gasteiger partial charge in [-0.25, -0.2) is 0 Å². The number of hydrogen-bond acceptors (Lipinski definition) is 0. The monoisotopic (exact) mass is 165 g/mol. The van der Waals surface area contributed by atoms with Crippen LogP contribution in [0.2, 0.25) is 0 Å². The second-order valence-electron chi connectivity index (χ2n) is 2.91. The van der Waals surface area contributed by atoms with Crippen LogP contribution >= 0.6 is 0 Å². The Kier molecular flexibility index (Phi) is 4.43. The molecule has 0 amide bonds. The van der Waals surface area contributed by atoms with Crippen LogP contribution in [-0.4, -0.2) is 6.67 Å². The summed E-state index contributed by atoms with van der Waals surface area (Å²) in [6, 6.07) is 10.9. The van der Waals surface area contributed by atoms with Crippen molar-refractivity contribution in [3.8, 4) is 0 Å². The van der Waals surface area contributed by atoms with Gasteiger partial charge < -0.3 is 0 Å². The highest BCUT2D eigenvalue weighted by Gasteiger charge is 1.91. The topological polar surface area (TPSA) is 0 Å². The Labute approximate surface area is 73.4 Å². The SMILES string of the molecule is FCCCCCc1cc[c]cc1. The van der Waals surface area contributed by atoms with E-state index in [2.05, 4.69) is 18.2 Å². The van der Waals surface area contributed by atoms with Gasteiger partial charge in [0.05, 0.1) is 6.67 Å². The lowest BCUT2D eigenvalue weighted by Gasteiger charge is -1.98. The van der Waals surface area contributed by atoms with Crippen LogP contribution in [0.25, 0.3) is 0 Å². The average Bonchev–Trinajstić information content (AvgIpc) is 2.14. The van der Waals surface area contributed by atoms with Gasteiger partial charge in [-0.2, -0.15) is 0 Å². The molecule has 1 radical (unpaired) electrons. The number of halogens is 1. The van der Waals surface area contributed by atoms with E-state index in [1.54, 1.807) is 0 Å². The minimum absolute atomic E-state index is 0.178. The molecule has 12 heavy (non-hydrogen) atoms. The van der Waals surface area contributed by atoms with Crippen molar-refractivity contribution in [3.63, 3.8) is 0 Å². The highest BCUT2D eigenvalue weighted by molar-refractivity contribution is 5.13. The van der Waals surface area contributed by atoms with E-state index in [4.69, 9.17) is 0 Å². The number of unbranched alkanes of at least 4 members (excludes halogenated alkanes) is 2. The van der Waals surface area contributed by atoms with E-state index in [9.17, 15) is 4.39 Å². The van der Waals surface area contributed by atoms with E-state index >= 15 is 0 Å². The molecule has 65 valence electrons. The van der Waals surface area contributed by atoms with Crippen molar-refractivity contribution in [2.45, 2.75) is 25.7 Å². The predicted octanol–water partition coefficient (Wildman–Crippen LogP) is 3.17. The summed E-state index contributed by atoms with van der Waals surface area (Å²) in [6.45, 7) is -0.178.